The van der Waals surface area contributed by atoms with Crippen LogP contribution in [0.15, 0.2) is 12.7 Å². The van der Waals surface area contributed by atoms with E-state index in [1.165, 1.54) is 19.8 Å². The number of hydrogen-bond donors (Lipinski definition) is 3. The first-order chi connectivity index (χ1) is 18.9. The normalized spacial score (nSPS) is 25.6. The van der Waals surface area contributed by atoms with Crippen LogP contribution >= 0.6 is 7.82 Å². The molecule has 1 saturated heterocycles. The molecule has 0 amide bonds. The Labute approximate surface area is 233 Å². The van der Waals surface area contributed by atoms with Crippen molar-refractivity contribution in [3.05, 3.63) is 12.7 Å². The lowest BCUT2D eigenvalue weighted by atomic mass is 9.83. The van der Waals surface area contributed by atoms with Gasteiger partial charge in [-0.2, -0.15) is 0 Å². The third kappa shape index (κ3) is 7.90. The molecule has 40 heavy (non-hydrogen) atoms. The van der Waals surface area contributed by atoms with E-state index in [-0.39, 0.29) is 30.9 Å². The maximum absolute atomic E-state index is 12.9. The molecule has 6 unspecified atom stereocenters. The number of phosphoric ester groups is 1. The summed E-state index contributed by atoms with van der Waals surface area (Å²) in [7, 11) is -3.62. The van der Waals surface area contributed by atoms with Gasteiger partial charge < -0.3 is 39.0 Å². The Balaban J connectivity index is 2.31. The highest BCUT2D eigenvalue weighted by Crippen LogP contribution is 2.48. The zero-order valence-electron chi connectivity index (χ0n) is 23.2. The van der Waals surface area contributed by atoms with E-state index in [0.717, 1.165) is 0 Å². The summed E-state index contributed by atoms with van der Waals surface area (Å²) in [4.78, 5) is 45.6. The van der Waals surface area contributed by atoms with Gasteiger partial charge in [0.1, 0.15) is 24.0 Å². The van der Waals surface area contributed by atoms with Crippen molar-refractivity contribution in [2.75, 3.05) is 26.1 Å². The smallest absolute Gasteiger partial charge is 0.426 e. The van der Waals surface area contributed by atoms with Crippen LogP contribution in [0.2, 0.25) is 0 Å². The number of hydrogen-bond acceptors (Lipinski definition) is 11. The first-order valence-electron chi connectivity index (χ1n) is 12.9. The number of nitrogen functional groups attached to an aromatic ring is 1. The maximum Gasteiger partial charge on any atom is 0.509 e. The van der Waals surface area contributed by atoms with Gasteiger partial charge in [0.25, 0.3) is 0 Å². The van der Waals surface area contributed by atoms with Crippen LogP contribution in [0.25, 0.3) is 11.2 Å². The zero-order chi connectivity index (χ0) is 29.6. The first-order valence-corrected chi connectivity index (χ1v) is 14.5. The Hall–Kier alpha value is -2.79. The number of nitrogens with two attached hydrogens (primary N) is 1. The van der Waals surface area contributed by atoms with E-state index in [0.29, 0.717) is 24.0 Å². The molecule has 1 aliphatic rings. The molecule has 0 bridgehead atoms. The molecule has 2 aromatic rings. The molecule has 15 heteroatoms. The monoisotopic (exact) mass is 583 g/mol. The quantitative estimate of drug-likeness (QED) is 0.199. The predicted octanol–water partition coefficient (Wildman–Crippen LogP) is 2.70. The number of terminal acetylenes is 1. The topological polar surface area (TPSA) is 190 Å². The number of ether oxygens (including phenoxy) is 4. The molecule has 4 N–H and O–H groups in total. The summed E-state index contributed by atoms with van der Waals surface area (Å²) >= 11 is 0. The van der Waals surface area contributed by atoms with Crippen molar-refractivity contribution >= 4 is 31.0 Å². The van der Waals surface area contributed by atoms with Crippen LogP contribution in [-0.2, 0) is 28.0 Å². The Morgan fingerprint density at radius 2 is 1.88 bits per heavy atom. The van der Waals surface area contributed by atoms with Crippen LogP contribution in [0.1, 0.15) is 46.6 Å². The van der Waals surface area contributed by atoms with E-state index in [9.17, 15) is 19.1 Å². The molecule has 1 aliphatic heterocycles. The van der Waals surface area contributed by atoms with Crippen molar-refractivity contribution in [3.63, 3.8) is 0 Å². The van der Waals surface area contributed by atoms with Crippen molar-refractivity contribution in [2.45, 2.75) is 71.0 Å². The Morgan fingerprint density at radius 1 is 1.18 bits per heavy atom. The average molecular weight is 584 g/mol. The number of rotatable bonds is 11. The Bertz CT molecular complexity index is 1230. The Morgan fingerprint density at radius 3 is 2.48 bits per heavy atom. The maximum atomic E-state index is 12.9. The average Bonchev–Trinajstić information content (AvgIpc) is 3.24. The predicted molar refractivity (Wildman–Crippen MR) is 144 cm³/mol. The molecule has 6 atom stereocenters. The molecule has 0 radical (unpaired) electrons. The molecule has 0 saturated carbocycles. The van der Waals surface area contributed by atoms with E-state index >= 15 is 0 Å². The highest BCUT2D eigenvalue weighted by atomic mass is 31.2. The number of nitrogens with zero attached hydrogens (tertiary/aromatic N) is 4. The van der Waals surface area contributed by atoms with Gasteiger partial charge in [-0.3, -0.25) is 4.52 Å². The van der Waals surface area contributed by atoms with Crippen LogP contribution in [-0.4, -0.2) is 80.2 Å². The second-order valence-corrected chi connectivity index (χ2v) is 11.7. The number of carbonyl (C=O) groups is 1. The number of phosphoric acid groups is 1. The van der Waals surface area contributed by atoms with Gasteiger partial charge >= 0.3 is 14.0 Å². The van der Waals surface area contributed by atoms with Crippen LogP contribution < -0.4 is 5.73 Å². The molecule has 0 aromatic carbocycles. The fraction of sp³-hybridized carbons (Fsp3) is 0.680. The van der Waals surface area contributed by atoms with Gasteiger partial charge in [0.2, 0.25) is 0 Å². The summed E-state index contributed by atoms with van der Waals surface area (Å²) in [5, 5.41) is 0. The number of aromatic nitrogens is 4. The Kier molecular flexibility index (Phi) is 10.9. The fourth-order valence-electron chi connectivity index (χ4n) is 5.19. The lowest BCUT2D eigenvalue weighted by Crippen LogP contribution is -2.47. The van der Waals surface area contributed by atoms with E-state index < -0.39 is 50.4 Å². The third-order valence-corrected chi connectivity index (χ3v) is 7.06. The largest absolute Gasteiger partial charge is 0.509 e. The highest BCUT2D eigenvalue weighted by molar-refractivity contribution is 7.46. The molecule has 1 fully saturated rings. The SMILES string of the molecule is C#CCOC(=O)OC1C(OP(=O)(O)O)C(CC(C)C)C(COC)OC(CC(C)C)C1n1cnc2c(N)ncnc21. The van der Waals surface area contributed by atoms with E-state index in [4.69, 9.17) is 35.6 Å². The second-order valence-electron chi connectivity index (χ2n) is 10.6. The summed E-state index contributed by atoms with van der Waals surface area (Å²) in [6.45, 7) is 7.61. The minimum absolute atomic E-state index is 0.0478. The van der Waals surface area contributed by atoms with Gasteiger partial charge in [-0.25, -0.2) is 24.3 Å². The molecule has 3 heterocycles. The molecule has 14 nitrogen and oxygen atoms in total. The lowest BCUT2D eigenvalue weighted by Gasteiger charge is -2.36. The molecule has 0 aliphatic carbocycles. The number of methoxy groups -OCH3 is 1. The number of anilines is 1. The minimum Gasteiger partial charge on any atom is -0.426 e. The minimum atomic E-state index is -5.12. The van der Waals surface area contributed by atoms with E-state index in [1.807, 2.05) is 27.7 Å². The summed E-state index contributed by atoms with van der Waals surface area (Å²) in [5.41, 5.74) is 6.64. The van der Waals surface area contributed by atoms with Crippen LogP contribution in [0, 0.1) is 30.1 Å². The third-order valence-electron chi connectivity index (χ3n) is 6.54. The summed E-state index contributed by atoms with van der Waals surface area (Å²) in [6, 6.07) is -0.937. The molecule has 222 valence electrons. The van der Waals surface area contributed by atoms with E-state index in [2.05, 4.69) is 20.9 Å². The molecular formula is C25H38N5O9P. The number of imidazole rings is 1. The van der Waals surface area contributed by atoms with E-state index in [1.54, 1.807) is 4.57 Å². The van der Waals surface area contributed by atoms with Crippen LogP contribution in [0.4, 0.5) is 10.6 Å². The second kappa shape index (κ2) is 13.7. The zero-order valence-corrected chi connectivity index (χ0v) is 24.1. The van der Waals surface area contributed by atoms with Gasteiger partial charge in [-0.05, 0) is 24.7 Å². The van der Waals surface area contributed by atoms with Gasteiger partial charge in [0.15, 0.2) is 24.2 Å². The highest BCUT2D eigenvalue weighted by Gasteiger charge is 2.52. The van der Waals surface area contributed by atoms with Crippen LogP contribution in [0.5, 0.6) is 0 Å². The number of fused-ring (bicyclic) bond motifs is 1. The first kappa shape index (κ1) is 31.7. The fourth-order valence-corrected chi connectivity index (χ4v) is 5.78. The van der Waals surface area contributed by atoms with Crippen molar-refractivity contribution < 1.29 is 42.6 Å². The summed E-state index contributed by atoms with van der Waals surface area (Å²) in [6.07, 6.45) is 3.62. The van der Waals surface area contributed by atoms with Gasteiger partial charge in [-0.1, -0.05) is 33.6 Å². The molecular weight excluding hydrogens is 545 g/mol. The molecule has 3 rings (SSSR count). The molecule has 0 spiro atoms. The van der Waals surface area contributed by atoms with Crippen molar-refractivity contribution in [1.29, 1.82) is 0 Å². The van der Waals surface area contributed by atoms with Crippen molar-refractivity contribution in [1.82, 2.24) is 19.5 Å². The van der Waals surface area contributed by atoms with Gasteiger partial charge in [0, 0.05) is 13.0 Å². The van der Waals surface area contributed by atoms with Crippen molar-refractivity contribution in [2.24, 2.45) is 17.8 Å². The van der Waals surface area contributed by atoms with Gasteiger partial charge in [0.05, 0.1) is 25.1 Å². The lowest BCUT2D eigenvalue weighted by molar-refractivity contribution is -0.0961. The van der Waals surface area contributed by atoms with Crippen molar-refractivity contribution in [3.8, 4) is 12.3 Å². The van der Waals surface area contributed by atoms with Gasteiger partial charge in [-0.15, -0.1) is 6.42 Å². The standard InChI is InChI=1S/C25H38N5O9P/c1-7-8-36-25(31)38-22-20(30-13-29-19-23(26)27-12-28-24(19)30)17(10-15(4)5)37-18(11-35-6)16(9-14(2)3)21(22)39-40(32,33)34/h1,12-18,20-22H,8-11H2,2-6H3,(H2,26,27,28)(H2,32,33,34). The molecule has 2 aromatic heterocycles. The summed E-state index contributed by atoms with van der Waals surface area (Å²) < 4.78 is 42.4. The summed E-state index contributed by atoms with van der Waals surface area (Å²) in [5.74, 6) is 1.79. The number of carbonyl (C=O) groups excluding carboxylic acids is 1. The van der Waals surface area contributed by atoms with Crippen LogP contribution in [0.3, 0.4) is 0 Å².